The number of nitrogens with zero attached hydrogens (tertiary/aromatic N) is 1. The molecule has 0 saturated carbocycles. The maximum atomic E-state index is 11.7. The monoisotopic (exact) mass is 323 g/mol. The van der Waals surface area contributed by atoms with E-state index in [0.717, 1.165) is 5.69 Å². The molecule has 0 aliphatic heterocycles. The Bertz CT molecular complexity index is 557. The Morgan fingerprint density at radius 2 is 1.87 bits per heavy atom. The Hall–Kier alpha value is -2.64. The van der Waals surface area contributed by atoms with Crippen molar-refractivity contribution in [2.45, 2.75) is 32.7 Å². The molecule has 1 amide bonds. The molecule has 0 heterocycles. The number of non-ortho nitro benzene ring substituents is 1. The number of hydrogen-bond acceptors (Lipinski definition) is 5. The van der Waals surface area contributed by atoms with Crippen molar-refractivity contribution in [3.63, 3.8) is 0 Å². The summed E-state index contributed by atoms with van der Waals surface area (Å²) in [4.78, 5) is 32.8. The zero-order chi connectivity index (χ0) is 17.4. The average molecular weight is 323 g/mol. The van der Waals surface area contributed by atoms with Crippen molar-refractivity contribution >= 4 is 23.3 Å². The summed E-state index contributed by atoms with van der Waals surface area (Å²) < 4.78 is 0. The summed E-state index contributed by atoms with van der Waals surface area (Å²) in [5.41, 5.74) is 0.741. The van der Waals surface area contributed by atoms with Crippen LogP contribution in [0.2, 0.25) is 0 Å². The van der Waals surface area contributed by atoms with Gasteiger partial charge in [0.25, 0.3) is 5.69 Å². The number of nitrogens with one attached hydrogen (secondary N) is 2. The summed E-state index contributed by atoms with van der Waals surface area (Å²) >= 11 is 0. The number of nitro benzene ring substituents is 1. The van der Waals surface area contributed by atoms with Crippen LogP contribution in [-0.4, -0.2) is 34.5 Å². The van der Waals surface area contributed by atoms with Crippen LogP contribution in [0.3, 0.4) is 0 Å². The fraction of sp³-hybridized carbons (Fsp3) is 0.467. The summed E-state index contributed by atoms with van der Waals surface area (Å²) in [5, 5.41) is 25.1. The summed E-state index contributed by atoms with van der Waals surface area (Å²) in [7, 11) is 0. The van der Waals surface area contributed by atoms with Crippen molar-refractivity contribution in [2.75, 3.05) is 11.9 Å². The van der Waals surface area contributed by atoms with Gasteiger partial charge in [-0.25, -0.2) is 4.79 Å². The molecule has 1 aromatic carbocycles. The van der Waals surface area contributed by atoms with Gasteiger partial charge in [0.05, 0.1) is 4.92 Å². The van der Waals surface area contributed by atoms with E-state index in [4.69, 9.17) is 5.11 Å². The first kappa shape index (κ1) is 18.4. The minimum Gasteiger partial charge on any atom is -0.480 e. The Morgan fingerprint density at radius 1 is 1.26 bits per heavy atom. The van der Waals surface area contributed by atoms with E-state index in [0.29, 0.717) is 13.0 Å². The van der Waals surface area contributed by atoms with Gasteiger partial charge < -0.3 is 15.7 Å². The maximum absolute atomic E-state index is 11.7. The van der Waals surface area contributed by atoms with Crippen molar-refractivity contribution in [3.05, 3.63) is 34.4 Å². The van der Waals surface area contributed by atoms with Crippen LogP contribution in [0.5, 0.6) is 0 Å². The summed E-state index contributed by atoms with van der Waals surface area (Å²) in [6.07, 6.45) is 0.726. The molecule has 0 aliphatic carbocycles. The Balaban J connectivity index is 2.32. The van der Waals surface area contributed by atoms with Crippen LogP contribution < -0.4 is 10.6 Å². The van der Waals surface area contributed by atoms with E-state index < -0.39 is 16.9 Å². The van der Waals surface area contributed by atoms with Gasteiger partial charge in [0.15, 0.2) is 0 Å². The largest absolute Gasteiger partial charge is 0.480 e. The molecule has 1 atom stereocenters. The topological polar surface area (TPSA) is 122 Å². The van der Waals surface area contributed by atoms with Gasteiger partial charge in [0, 0.05) is 30.8 Å². The Morgan fingerprint density at radius 3 is 2.35 bits per heavy atom. The second-order valence-corrected chi connectivity index (χ2v) is 5.46. The van der Waals surface area contributed by atoms with Crippen LogP contribution in [0.4, 0.5) is 11.4 Å². The van der Waals surface area contributed by atoms with Crippen molar-refractivity contribution in [1.29, 1.82) is 0 Å². The molecule has 1 aromatic rings. The van der Waals surface area contributed by atoms with E-state index in [1.54, 1.807) is 26.0 Å². The SMILES string of the molecule is CC(C)C(NC(=O)CCCNc1ccc([N+](=O)[O-])cc1)C(=O)O. The number of rotatable bonds is 9. The molecule has 23 heavy (non-hydrogen) atoms. The maximum Gasteiger partial charge on any atom is 0.326 e. The smallest absolute Gasteiger partial charge is 0.326 e. The number of nitro groups is 1. The van der Waals surface area contributed by atoms with Gasteiger partial charge in [-0.3, -0.25) is 14.9 Å². The number of carboxylic acids is 1. The third-order valence-electron chi connectivity index (χ3n) is 3.24. The number of carbonyl (C=O) groups is 2. The molecule has 0 saturated heterocycles. The lowest BCUT2D eigenvalue weighted by Crippen LogP contribution is -2.44. The van der Waals surface area contributed by atoms with E-state index in [1.807, 2.05) is 0 Å². The van der Waals surface area contributed by atoms with Crippen LogP contribution in [0.15, 0.2) is 24.3 Å². The van der Waals surface area contributed by atoms with Gasteiger partial charge >= 0.3 is 5.97 Å². The fourth-order valence-corrected chi connectivity index (χ4v) is 1.94. The van der Waals surface area contributed by atoms with E-state index in [9.17, 15) is 19.7 Å². The lowest BCUT2D eigenvalue weighted by Gasteiger charge is -2.17. The minimum absolute atomic E-state index is 0.0170. The molecule has 0 aromatic heterocycles. The minimum atomic E-state index is -1.04. The summed E-state index contributed by atoms with van der Waals surface area (Å²) in [6, 6.07) is 5.10. The zero-order valence-electron chi connectivity index (χ0n) is 13.1. The van der Waals surface area contributed by atoms with E-state index >= 15 is 0 Å². The van der Waals surface area contributed by atoms with Crippen molar-refractivity contribution in [1.82, 2.24) is 5.32 Å². The molecule has 1 rings (SSSR count). The van der Waals surface area contributed by atoms with Crippen LogP contribution >= 0.6 is 0 Å². The first-order valence-electron chi connectivity index (χ1n) is 7.31. The third kappa shape index (κ3) is 6.33. The number of hydrogen-bond donors (Lipinski definition) is 3. The molecule has 0 fully saturated rings. The van der Waals surface area contributed by atoms with Crippen LogP contribution in [-0.2, 0) is 9.59 Å². The van der Waals surface area contributed by atoms with Gasteiger partial charge in [0.2, 0.25) is 5.91 Å². The van der Waals surface area contributed by atoms with E-state index in [2.05, 4.69) is 10.6 Å². The van der Waals surface area contributed by atoms with Crippen LogP contribution in [0.25, 0.3) is 0 Å². The number of anilines is 1. The normalized spacial score (nSPS) is 11.8. The standard InChI is InChI=1S/C15H21N3O5/c1-10(2)14(15(20)21)17-13(19)4-3-9-16-11-5-7-12(8-6-11)18(22)23/h5-8,10,14,16H,3-4,9H2,1-2H3,(H,17,19)(H,20,21). The Kier molecular flexibility index (Phi) is 6.98. The highest BCUT2D eigenvalue weighted by molar-refractivity contribution is 5.83. The number of aliphatic carboxylic acids is 1. The highest BCUT2D eigenvalue weighted by atomic mass is 16.6. The quantitative estimate of drug-likeness (QED) is 0.363. The number of carboxylic acid groups (broad SMARTS) is 1. The molecule has 3 N–H and O–H groups in total. The van der Waals surface area contributed by atoms with Crippen molar-refractivity contribution in [3.8, 4) is 0 Å². The summed E-state index contributed by atoms with van der Waals surface area (Å²) in [6.45, 7) is 3.97. The molecular weight excluding hydrogens is 302 g/mol. The third-order valence-corrected chi connectivity index (χ3v) is 3.24. The van der Waals surface area contributed by atoms with Crippen molar-refractivity contribution in [2.24, 2.45) is 5.92 Å². The second-order valence-electron chi connectivity index (χ2n) is 5.46. The zero-order valence-corrected chi connectivity index (χ0v) is 13.1. The number of amides is 1. The second kappa shape index (κ2) is 8.72. The van der Waals surface area contributed by atoms with Gasteiger partial charge in [-0.15, -0.1) is 0 Å². The highest BCUT2D eigenvalue weighted by Crippen LogP contribution is 2.15. The number of carbonyl (C=O) groups excluding carboxylic acids is 1. The van der Waals surface area contributed by atoms with Gasteiger partial charge in [-0.2, -0.15) is 0 Å². The molecule has 0 radical (unpaired) electrons. The van der Waals surface area contributed by atoms with Crippen molar-refractivity contribution < 1.29 is 19.6 Å². The first-order chi connectivity index (χ1) is 10.8. The fourth-order valence-electron chi connectivity index (χ4n) is 1.94. The molecule has 0 bridgehead atoms. The average Bonchev–Trinajstić information content (AvgIpc) is 2.49. The van der Waals surface area contributed by atoms with Gasteiger partial charge in [-0.05, 0) is 24.5 Å². The molecule has 0 aliphatic rings. The molecular formula is C15H21N3O5. The lowest BCUT2D eigenvalue weighted by atomic mass is 10.0. The molecule has 8 heteroatoms. The highest BCUT2D eigenvalue weighted by Gasteiger charge is 2.22. The first-order valence-corrected chi connectivity index (χ1v) is 7.31. The van der Waals surface area contributed by atoms with Crippen LogP contribution in [0, 0.1) is 16.0 Å². The predicted molar refractivity (Wildman–Crippen MR) is 85.2 cm³/mol. The molecule has 126 valence electrons. The molecule has 8 nitrogen and oxygen atoms in total. The molecule has 0 spiro atoms. The van der Waals surface area contributed by atoms with E-state index in [-0.39, 0.29) is 23.9 Å². The predicted octanol–water partition coefficient (Wildman–Crippen LogP) is 2.01. The number of benzene rings is 1. The van der Waals surface area contributed by atoms with E-state index in [1.165, 1.54) is 12.1 Å². The lowest BCUT2D eigenvalue weighted by molar-refractivity contribution is -0.384. The Labute approximate surface area is 134 Å². The van der Waals surface area contributed by atoms with Gasteiger partial charge in [-0.1, -0.05) is 13.8 Å². The van der Waals surface area contributed by atoms with Gasteiger partial charge in [0.1, 0.15) is 6.04 Å². The molecule has 1 unspecified atom stereocenters. The summed E-state index contributed by atoms with van der Waals surface area (Å²) in [5.74, 6) is -1.54. The van der Waals surface area contributed by atoms with Crippen LogP contribution in [0.1, 0.15) is 26.7 Å².